The van der Waals surface area contributed by atoms with Crippen LogP contribution in [0.4, 0.5) is 26.3 Å². The van der Waals surface area contributed by atoms with E-state index in [2.05, 4.69) is 5.10 Å². The second kappa shape index (κ2) is 10.9. The van der Waals surface area contributed by atoms with Crippen molar-refractivity contribution in [3.63, 3.8) is 0 Å². The van der Waals surface area contributed by atoms with E-state index in [1.165, 1.54) is 29.2 Å². The van der Waals surface area contributed by atoms with Crippen LogP contribution in [0.5, 0.6) is 0 Å². The van der Waals surface area contributed by atoms with Gasteiger partial charge in [0, 0.05) is 36.7 Å². The van der Waals surface area contributed by atoms with Gasteiger partial charge in [-0.15, -0.1) is 0 Å². The Bertz CT molecular complexity index is 1750. The predicted octanol–water partition coefficient (Wildman–Crippen LogP) is 7.93. The van der Waals surface area contributed by atoms with Gasteiger partial charge in [0.25, 0.3) is 5.91 Å². The SMILES string of the molecule is O=C(c1cnn(-c2ccccc2)c1C(F)(F)F)N1CCC(c2cn(Cc3ccc(C(F)(F)F)cc3)c3ccccc23)CC1. The number of hydrogen-bond donors (Lipinski definition) is 0. The smallest absolute Gasteiger partial charge is 0.343 e. The van der Waals surface area contributed by atoms with Crippen LogP contribution in [-0.4, -0.2) is 38.2 Å². The van der Waals surface area contributed by atoms with Crippen molar-refractivity contribution in [2.75, 3.05) is 13.1 Å². The second-order valence-electron chi connectivity index (χ2n) is 10.6. The molecule has 0 spiro atoms. The number of fused-ring (bicyclic) bond motifs is 1. The molecule has 0 radical (unpaired) electrons. The Morgan fingerprint density at radius 2 is 1.47 bits per heavy atom. The fraction of sp³-hybridized carbons (Fsp3) is 0.250. The van der Waals surface area contributed by atoms with Gasteiger partial charge in [0.15, 0.2) is 5.69 Å². The molecular formula is C32H26F6N4O. The van der Waals surface area contributed by atoms with Crippen LogP contribution >= 0.6 is 0 Å². The molecule has 2 aromatic heterocycles. The first-order valence-corrected chi connectivity index (χ1v) is 13.7. The average molecular weight is 597 g/mol. The number of amides is 1. The Kier molecular flexibility index (Phi) is 7.27. The van der Waals surface area contributed by atoms with Crippen molar-refractivity contribution in [3.05, 3.63) is 119 Å². The molecular weight excluding hydrogens is 570 g/mol. The van der Waals surface area contributed by atoms with Gasteiger partial charge in [-0.2, -0.15) is 31.4 Å². The number of likely N-dealkylation sites (tertiary alicyclic amines) is 1. The summed E-state index contributed by atoms with van der Waals surface area (Å²) < 4.78 is 84.1. The Morgan fingerprint density at radius 1 is 0.814 bits per heavy atom. The molecule has 222 valence electrons. The quantitative estimate of drug-likeness (QED) is 0.194. The summed E-state index contributed by atoms with van der Waals surface area (Å²) in [4.78, 5) is 14.8. The summed E-state index contributed by atoms with van der Waals surface area (Å²) in [6.07, 6.45) is -5.11. The molecule has 1 amide bonds. The lowest BCUT2D eigenvalue weighted by molar-refractivity contribution is -0.143. The summed E-state index contributed by atoms with van der Waals surface area (Å²) >= 11 is 0. The first-order chi connectivity index (χ1) is 20.5. The number of hydrogen-bond acceptors (Lipinski definition) is 2. The largest absolute Gasteiger partial charge is 0.434 e. The fourth-order valence-electron chi connectivity index (χ4n) is 5.83. The molecule has 3 aromatic carbocycles. The molecule has 6 rings (SSSR count). The number of benzene rings is 3. The third-order valence-electron chi connectivity index (χ3n) is 7.94. The van der Waals surface area contributed by atoms with Gasteiger partial charge in [0.05, 0.1) is 23.0 Å². The normalized spacial score (nSPS) is 14.9. The molecule has 1 aliphatic rings. The summed E-state index contributed by atoms with van der Waals surface area (Å²) in [6, 6.07) is 20.7. The molecule has 0 aliphatic carbocycles. The van der Waals surface area contributed by atoms with Gasteiger partial charge in [-0.1, -0.05) is 48.5 Å². The van der Waals surface area contributed by atoms with Gasteiger partial charge in [0.1, 0.15) is 0 Å². The summed E-state index contributed by atoms with van der Waals surface area (Å²) in [5, 5.41) is 4.91. The van der Waals surface area contributed by atoms with E-state index in [1.807, 2.05) is 35.0 Å². The highest BCUT2D eigenvalue weighted by Crippen LogP contribution is 2.38. The molecule has 11 heteroatoms. The van der Waals surface area contributed by atoms with Gasteiger partial charge in [0.2, 0.25) is 0 Å². The van der Waals surface area contributed by atoms with Crippen LogP contribution in [-0.2, 0) is 18.9 Å². The minimum absolute atomic E-state index is 0.0527. The number of carbonyl (C=O) groups is 1. The number of rotatable bonds is 5. The summed E-state index contributed by atoms with van der Waals surface area (Å²) in [5.41, 5.74) is 0.615. The third-order valence-corrected chi connectivity index (χ3v) is 7.94. The van der Waals surface area contributed by atoms with Crippen molar-refractivity contribution in [2.24, 2.45) is 0 Å². The van der Waals surface area contributed by atoms with E-state index in [1.54, 1.807) is 18.2 Å². The van der Waals surface area contributed by atoms with Crippen molar-refractivity contribution in [1.82, 2.24) is 19.2 Å². The second-order valence-corrected chi connectivity index (χ2v) is 10.6. The van der Waals surface area contributed by atoms with Crippen LogP contribution in [0.2, 0.25) is 0 Å². The zero-order chi connectivity index (χ0) is 30.4. The zero-order valence-corrected chi connectivity index (χ0v) is 22.7. The topological polar surface area (TPSA) is 43.1 Å². The van der Waals surface area contributed by atoms with Gasteiger partial charge in [-0.05, 0) is 60.2 Å². The van der Waals surface area contributed by atoms with Crippen molar-refractivity contribution in [2.45, 2.75) is 37.7 Å². The van der Waals surface area contributed by atoms with Crippen molar-refractivity contribution < 1.29 is 31.1 Å². The number of alkyl halides is 6. The predicted molar refractivity (Wildman–Crippen MR) is 149 cm³/mol. The Hall–Kier alpha value is -4.54. The van der Waals surface area contributed by atoms with Crippen molar-refractivity contribution in [1.29, 1.82) is 0 Å². The first-order valence-electron chi connectivity index (χ1n) is 13.7. The Labute approximate surface area is 243 Å². The lowest BCUT2D eigenvalue weighted by Crippen LogP contribution is -2.38. The van der Waals surface area contributed by atoms with Crippen LogP contribution in [0.1, 0.15) is 51.5 Å². The molecule has 1 saturated heterocycles. The lowest BCUT2D eigenvalue weighted by Gasteiger charge is -2.32. The highest BCUT2D eigenvalue weighted by Gasteiger charge is 2.42. The molecule has 0 saturated carbocycles. The van der Waals surface area contributed by atoms with E-state index >= 15 is 0 Å². The molecule has 0 unspecified atom stereocenters. The van der Waals surface area contributed by atoms with Crippen LogP contribution in [0.15, 0.2) is 91.3 Å². The standard InChI is InChI=1S/C32H26F6N4O/c33-31(34,35)23-12-10-21(11-13-23)19-41-20-27(25-8-4-5-9-28(25)41)22-14-16-40(17-15-22)30(43)26-18-39-42(29(26)32(36,37)38)24-6-2-1-3-7-24/h1-13,18,20,22H,14-17,19H2. The van der Waals surface area contributed by atoms with Crippen LogP contribution in [0.3, 0.4) is 0 Å². The number of nitrogens with zero attached hydrogens (tertiary/aromatic N) is 4. The van der Waals surface area contributed by atoms with Gasteiger partial charge < -0.3 is 9.47 Å². The number of aromatic nitrogens is 3. The summed E-state index contributed by atoms with van der Waals surface area (Å²) in [7, 11) is 0. The molecule has 1 fully saturated rings. The molecule has 1 aliphatic heterocycles. The Balaban J connectivity index is 1.21. The molecule has 5 aromatic rings. The van der Waals surface area contributed by atoms with Crippen LogP contribution < -0.4 is 0 Å². The van der Waals surface area contributed by atoms with E-state index in [0.29, 0.717) is 19.4 Å². The summed E-state index contributed by atoms with van der Waals surface area (Å²) in [6.45, 7) is 0.924. The van der Waals surface area contributed by atoms with Gasteiger partial charge in [-0.25, -0.2) is 4.68 Å². The van der Waals surface area contributed by atoms with Crippen molar-refractivity contribution in [3.8, 4) is 5.69 Å². The maximum atomic E-state index is 14.1. The summed E-state index contributed by atoms with van der Waals surface area (Å²) in [5.74, 6) is -0.658. The van der Waals surface area contributed by atoms with E-state index in [4.69, 9.17) is 0 Å². The maximum absolute atomic E-state index is 14.1. The molecule has 0 N–H and O–H groups in total. The first kappa shape index (κ1) is 28.6. The van der Waals surface area contributed by atoms with Crippen molar-refractivity contribution >= 4 is 16.8 Å². The maximum Gasteiger partial charge on any atom is 0.434 e. The van der Waals surface area contributed by atoms with Crippen LogP contribution in [0.25, 0.3) is 16.6 Å². The van der Waals surface area contributed by atoms with Crippen LogP contribution in [0, 0.1) is 0 Å². The minimum Gasteiger partial charge on any atom is -0.343 e. The number of carbonyl (C=O) groups excluding carboxylic acids is 1. The van der Waals surface area contributed by atoms with Gasteiger partial charge in [-0.3, -0.25) is 4.79 Å². The molecule has 3 heterocycles. The highest BCUT2D eigenvalue weighted by atomic mass is 19.4. The lowest BCUT2D eigenvalue weighted by atomic mass is 9.89. The fourth-order valence-corrected chi connectivity index (χ4v) is 5.83. The number of halogens is 6. The van der Waals surface area contributed by atoms with E-state index < -0.39 is 35.1 Å². The highest BCUT2D eigenvalue weighted by molar-refractivity contribution is 5.95. The minimum atomic E-state index is -4.79. The number of para-hydroxylation sites is 2. The monoisotopic (exact) mass is 596 g/mol. The van der Waals surface area contributed by atoms with E-state index in [-0.39, 0.29) is 24.7 Å². The zero-order valence-electron chi connectivity index (χ0n) is 22.7. The third kappa shape index (κ3) is 5.63. The molecule has 5 nitrogen and oxygen atoms in total. The average Bonchev–Trinajstić information content (AvgIpc) is 3.60. The van der Waals surface area contributed by atoms with Gasteiger partial charge >= 0.3 is 12.4 Å². The number of piperidine rings is 1. The molecule has 43 heavy (non-hydrogen) atoms. The Morgan fingerprint density at radius 3 is 2.12 bits per heavy atom. The van der Waals surface area contributed by atoms with E-state index in [0.717, 1.165) is 45.0 Å². The molecule has 0 bridgehead atoms. The molecule has 0 atom stereocenters. The van der Waals surface area contributed by atoms with E-state index in [9.17, 15) is 31.1 Å².